The molecular formula is C26H34N4O4S. The normalized spacial score (nSPS) is 12.3. The van der Waals surface area contributed by atoms with Gasteiger partial charge in [-0.15, -0.1) is 0 Å². The summed E-state index contributed by atoms with van der Waals surface area (Å²) in [5, 5.41) is 0. The molecule has 0 saturated heterocycles. The summed E-state index contributed by atoms with van der Waals surface area (Å²) in [4.78, 5) is 34.8. The van der Waals surface area contributed by atoms with Gasteiger partial charge in [0, 0.05) is 17.6 Å². The van der Waals surface area contributed by atoms with Crippen molar-refractivity contribution in [2.45, 2.75) is 58.5 Å². The highest BCUT2D eigenvalue weighted by Gasteiger charge is 2.31. The van der Waals surface area contributed by atoms with Gasteiger partial charge in [0.1, 0.15) is 23.9 Å². The van der Waals surface area contributed by atoms with Crippen LogP contribution in [0.1, 0.15) is 45.5 Å². The monoisotopic (exact) mass is 498 g/mol. The summed E-state index contributed by atoms with van der Waals surface area (Å²) in [7, 11) is 0. The topological polar surface area (TPSA) is 86.5 Å². The van der Waals surface area contributed by atoms with E-state index in [1.807, 2.05) is 39.0 Å². The number of ether oxygens (including phenoxy) is 2. The molecule has 0 radical (unpaired) electrons. The van der Waals surface area contributed by atoms with Crippen molar-refractivity contribution in [3.63, 3.8) is 0 Å². The van der Waals surface area contributed by atoms with Gasteiger partial charge in [-0.2, -0.15) is 0 Å². The van der Waals surface area contributed by atoms with Gasteiger partial charge < -0.3 is 14.0 Å². The number of aromatic nitrogens is 3. The van der Waals surface area contributed by atoms with Crippen molar-refractivity contribution in [2.24, 2.45) is 5.92 Å². The standard InChI is InChI=1S/C26H34N4O4S/c1-6-33-25(31)17-30(24(14-18(3)4)26(32)34-7-2)35-21-10-8-20(9-11-21)16-29-19(5)28-22-15-27-13-12-23(22)29/h8-13,15,18,24H,6-7,14,16-17H2,1-5H3/t24-/m0/s1. The number of esters is 2. The Hall–Kier alpha value is -2.91. The molecular weight excluding hydrogens is 464 g/mol. The molecule has 35 heavy (non-hydrogen) atoms. The molecule has 9 heteroatoms. The number of nitrogens with zero attached hydrogens (tertiary/aromatic N) is 4. The minimum atomic E-state index is -0.558. The number of benzene rings is 1. The lowest BCUT2D eigenvalue weighted by Crippen LogP contribution is -2.42. The number of hydrogen-bond donors (Lipinski definition) is 0. The summed E-state index contributed by atoms with van der Waals surface area (Å²) < 4.78 is 14.4. The zero-order valence-corrected chi connectivity index (χ0v) is 21.9. The molecule has 0 spiro atoms. The van der Waals surface area contributed by atoms with Gasteiger partial charge in [0.05, 0.1) is 24.9 Å². The predicted molar refractivity (Wildman–Crippen MR) is 137 cm³/mol. The highest BCUT2D eigenvalue weighted by Crippen LogP contribution is 2.29. The van der Waals surface area contributed by atoms with E-state index in [9.17, 15) is 9.59 Å². The van der Waals surface area contributed by atoms with Crippen LogP contribution in [0.3, 0.4) is 0 Å². The van der Waals surface area contributed by atoms with Crippen LogP contribution < -0.4 is 0 Å². The third kappa shape index (κ3) is 7.29. The zero-order chi connectivity index (χ0) is 25.4. The average molecular weight is 499 g/mol. The second kappa shape index (κ2) is 12.7. The van der Waals surface area contributed by atoms with Crippen LogP contribution in [-0.2, 0) is 25.6 Å². The van der Waals surface area contributed by atoms with Crippen molar-refractivity contribution in [3.05, 3.63) is 54.1 Å². The molecule has 0 saturated carbocycles. The molecule has 0 aliphatic carbocycles. The van der Waals surface area contributed by atoms with Gasteiger partial charge in [0.25, 0.3) is 0 Å². The zero-order valence-electron chi connectivity index (χ0n) is 21.1. The minimum absolute atomic E-state index is 0.00921. The van der Waals surface area contributed by atoms with E-state index in [0.717, 1.165) is 27.3 Å². The van der Waals surface area contributed by atoms with Crippen molar-refractivity contribution in [1.29, 1.82) is 0 Å². The number of imidazole rings is 1. The van der Waals surface area contributed by atoms with Gasteiger partial charge >= 0.3 is 11.9 Å². The first-order chi connectivity index (χ1) is 16.8. The molecule has 3 rings (SSSR count). The molecule has 1 aromatic carbocycles. The summed E-state index contributed by atoms with van der Waals surface area (Å²) in [5.41, 5.74) is 3.04. The predicted octanol–water partition coefficient (Wildman–Crippen LogP) is 4.64. The smallest absolute Gasteiger partial charge is 0.324 e. The molecule has 2 aromatic heterocycles. The van der Waals surface area contributed by atoms with Crippen LogP contribution >= 0.6 is 11.9 Å². The van der Waals surface area contributed by atoms with E-state index in [1.54, 1.807) is 30.5 Å². The number of rotatable bonds is 12. The van der Waals surface area contributed by atoms with Crippen molar-refractivity contribution in [3.8, 4) is 0 Å². The van der Waals surface area contributed by atoms with Crippen LogP contribution in [0.25, 0.3) is 11.0 Å². The van der Waals surface area contributed by atoms with E-state index in [1.165, 1.54) is 11.9 Å². The highest BCUT2D eigenvalue weighted by atomic mass is 32.2. The van der Waals surface area contributed by atoms with E-state index in [-0.39, 0.29) is 24.4 Å². The molecule has 0 fully saturated rings. The number of aryl methyl sites for hydroxylation is 1. The highest BCUT2D eigenvalue weighted by molar-refractivity contribution is 7.97. The first kappa shape index (κ1) is 26.7. The number of hydrogen-bond acceptors (Lipinski definition) is 8. The molecule has 0 bridgehead atoms. The van der Waals surface area contributed by atoms with Crippen molar-refractivity contribution in [2.75, 3.05) is 19.8 Å². The lowest BCUT2D eigenvalue weighted by molar-refractivity contribution is -0.150. The Morgan fingerprint density at radius 2 is 1.80 bits per heavy atom. The maximum Gasteiger partial charge on any atom is 0.324 e. The van der Waals surface area contributed by atoms with Crippen LogP contribution in [0.5, 0.6) is 0 Å². The molecule has 188 valence electrons. The fourth-order valence-electron chi connectivity index (χ4n) is 3.83. The quantitative estimate of drug-likeness (QED) is 0.264. The van der Waals surface area contributed by atoms with Gasteiger partial charge in [-0.1, -0.05) is 26.0 Å². The Balaban J connectivity index is 1.80. The first-order valence-corrected chi connectivity index (χ1v) is 12.7. The molecule has 1 atom stereocenters. The van der Waals surface area contributed by atoms with E-state index < -0.39 is 6.04 Å². The fourth-order valence-corrected chi connectivity index (χ4v) is 4.83. The number of pyridine rings is 1. The second-order valence-electron chi connectivity index (χ2n) is 8.62. The Morgan fingerprint density at radius 1 is 1.09 bits per heavy atom. The maximum absolute atomic E-state index is 12.8. The molecule has 0 aliphatic heterocycles. The molecule has 2 heterocycles. The SMILES string of the molecule is CCOC(=O)CN(Sc1ccc(Cn2c(C)nc3cnccc32)cc1)[C@@H](CC(C)C)C(=O)OCC. The molecule has 0 unspecified atom stereocenters. The lowest BCUT2D eigenvalue weighted by Gasteiger charge is -2.29. The third-order valence-corrected chi connectivity index (χ3v) is 6.52. The fraction of sp³-hybridized carbons (Fsp3) is 0.462. The van der Waals surface area contributed by atoms with Crippen LogP contribution in [0.4, 0.5) is 0 Å². The van der Waals surface area contributed by atoms with Gasteiger partial charge in [-0.3, -0.25) is 14.6 Å². The molecule has 0 amide bonds. The van der Waals surface area contributed by atoms with E-state index >= 15 is 0 Å². The van der Waals surface area contributed by atoms with Crippen LogP contribution in [-0.4, -0.2) is 56.6 Å². The summed E-state index contributed by atoms with van der Waals surface area (Å²) in [5.74, 6) is 0.483. The van der Waals surface area contributed by atoms with Crippen LogP contribution in [0.2, 0.25) is 0 Å². The van der Waals surface area contributed by atoms with Crippen LogP contribution in [0.15, 0.2) is 47.6 Å². The van der Waals surface area contributed by atoms with Gasteiger partial charge in [0.15, 0.2) is 0 Å². The van der Waals surface area contributed by atoms with E-state index in [2.05, 4.69) is 26.7 Å². The molecule has 0 N–H and O–H groups in total. The maximum atomic E-state index is 12.8. The van der Waals surface area contributed by atoms with E-state index in [4.69, 9.17) is 9.47 Å². The number of carbonyl (C=O) groups is 2. The van der Waals surface area contributed by atoms with Crippen molar-refractivity contribution in [1.82, 2.24) is 18.8 Å². The molecule has 3 aromatic rings. The van der Waals surface area contributed by atoms with Crippen molar-refractivity contribution < 1.29 is 19.1 Å². The van der Waals surface area contributed by atoms with E-state index in [0.29, 0.717) is 26.2 Å². The van der Waals surface area contributed by atoms with Gasteiger partial charge in [0.2, 0.25) is 0 Å². The number of fused-ring (bicyclic) bond motifs is 1. The van der Waals surface area contributed by atoms with Crippen molar-refractivity contribution >= 4 is 34.9 Å². The largest absolute Gasteiger partial charge is 0.465 e. The average Bonchev–Trinajstić information content (AvgIpc) is 3.13. The third-order valence-electron chi connectivity index (χ3n) is 5.42. The van der Waals surface area contributed by atoms with Gasteiger partial charge in [-0.25, -0.2) is 9.29 Å². The summed E-state index contributed by atoms with van der Waals surface area (Å²) >= 11 is 1.37. The summed E-state index contributed by atoms with van der Waals surface area (Å²) in [6.45, 7) is 10.9. The Labute approximate surface area is 211 Å². The summed E-state index contributed by atoms with van der Waals surface area (Å²) in [6, 6.07) is 9.53. The Bertz CT molecular complexity index is 1130. The lowest BCUT2D eigenvalue weighted by atomic mass is 10.0. The van der Waals surface area contributed by atoms with Crippen LogP contribution in [0, 0.1) is 12.8 Å². The van der Waals surface area contributed by atoms with Gasteiger partial charge in [-0.05, 0) is 68.8 Å². The first-order valence-electron chi connectivity index (χ1n) is 11.9. The Morgan fingerprint density at radius 3 is 2.46 bits per heavy atom. The molecule has 8 nitrogen and oxygen atoms in total. The number of carbonyl (C=O) groups excluding carboxylic acids is 2. The summed E-state index contributed by atoms with van der Waals surface area (Å²) in [6.07, 6.45) is 4.12. The minimum Gasteiger partial charge on any atom is -0.465 e. The Kier molecular flexibility index (Phi) is 9.68. The second-order valence-corrected chi connectivity index (χ2v) is 9.75. The molecule has 0 aliphatic rings.